The molecule has 2 aliphatic rings. The van der Waals surface area contributed by atoms with Crippen LogP contribution in [-0.2, 0) is 10.3 Å². The minimum atomic E-state index is -4.75. The summed E-state index contributed by atoms with van der Waals surface area (Å²) in [6, 6.07) is 14.5. The summed E-state index contributed by atoms with van der Waals surface area (Å²) in [6.07, 6.45) is -2.09. The quantitative estimate of drug-likeness (QED) is 0.405. The Bertz CT molecular complexity index is 1210. The van der Waals surface area contributed by atoms with Gasteiger partial charge in [-0.1, -0.05) is 41.4 Å². The third kappa shape index (κ3) is 5.06. The first kappa shape index (κ1) is 25.3. The predicted octanol–water partition coefficient (Wildman–Crippen LogP) is 6.43. The Morgan fingerprint density at radius 1 is 1.08 bits per heavy atom. The second-order valence-corrected chi connectivity index (χ2v) is 9.86. The summed E-state index contributed by atoms with van der Waals surface area (Å²) in [4.78, 5) is 6.79. The van der Waals surface area contributed by atoms with Gasteiger partial charge in [-0.25, -0.2) is 0 Å². The summed E-state index contributed by atoms with van der Waals surface area (Å²) in [6.45, 7) is 1.03. The van der Waals surface area contributed by atoms with E-state index in [0.29, 0.717) is 41.5 Å². The van der Waals surface area contributed by atoms with Gasteiger partial charge in [0.1, 0.15) is 17.5 Å². The lowest BCUT2D eigenvalue weighted by molar-refractivity contribution is -0.274. The molecule has 3 aromatic rings. The lowest BCUT2D eigenvalue weighted by atomic mass is 9.86. The largest absolute Gasteiger partial charge is 0.573 e. The van der Waals surface area contributed by atoms with Crippen LogP contribution in [0.25, 0.3) is 0 Å². The summed E-state index contributed by atoms with van der Waals surface area (Å²) >= 11 is 12.5. The number of aliphatic hydroxyl groups excluding tert-OH is 1. The number of nitrogens with zero attached hydrogens (tertiary/aromatic N) is 2. The molecule has 0 amide bonds. The van der Waals surface area contributed by atoms with Crippen LogP contribution < -0.4 is 4.74 Å². The van der Waals surface area contributed by atoms with Crippen LogP contribution in [0.5, 0.6) is 5.75 Å². The van der Waals surface area contributed by atoms with Crippen LogP contribution in [0.3, 0.4) is 0 Å². The van der Waals surface area contributed by atoms with Crippen molar-refractivity contribution in [2.24, 2.45) is 0 Å². The molecule has 10 heteroatoms. The van der Waals surface area contributed by atoms with Crippen molar-refractivity contribution in [2.75, 3.05) is 19.7 Å². The average molecular weight is 539 g/mol. The molecule has 1 spiro atoms. The van der Waals surface area contributed by atoms with Crippen LogP contribution in [0.4, 0.5) is 13.2 Å². The van der Waals surface area contributed by atoms with Gasteiger partial charge in [-0.05, 0) is 60.4 Å². The molecule has 0 radical (unpaired) electrons. The van der Waals surface area contributed by atoms with E-state index >= 15 is 0 Å². The summed E-state index contributed by atoms with van der Waals surface area (Å²) < 4.78 is 48.1. The number of aliphatic hydroxyl groups is 1. The number of hydrogen-bond acceptors (Lipinski definition) is 5. The normalized spacial score (nSPS) is 20.3. The highest BCUT2D eigenvalue weighted by Crippen LogP contribution is 2.51. The molecule has 5 nitrogen and oxygen atoms in total. The SMILES string of the molecule is OCC(c1ccc(OC(F)(F)F)cc1)N1CCC2(CC1)OC(c1cc(Cl)cc(Cl)c1)c1cccnc12. The molecule has 1 aromatic heterocycles. The number of fused-ring (bicyclic) bond motifs is 2. The molecule has 2 aromatic carbocycles. The van der Waals surface area contributed by atoms with Gasteiger partial charge >= 0.3 is 6.36 Å². The van der Waals surface area contributed by atoms with Crippen molar-refractivity contribution in [2.45, 2.75) is 37.0 Å². The fraction of sp³-hybridized carbons (Fsp3) is 0.346. The van der Waals surface area contributed by atoms with Crippen molar-refractivity contribution >= 4 is 23.2 Å². The third-order valence-corrected chi connectivity index (χ3v) is 7.24. The number of aromatic nitrogens is 1. The molecule has 5 rings (SSSR count). The molecule has 0 aliphatic carbocycles. The fourth-order valence-corrected chi connectivity index (χ4v) is 5.75. The number of pyridine rings is 1. The molecule has 2 aliphatic heterocycles. The van der Waals surface area contributed by atoms with Crippen LogP contribution in [0.1, 0.15) is 47.4 Å². The Balaban J connectivity index is 1.34. The highest BCUT2D eigenvalue weighted by atomic mass is 35.5. The minimum Gasteiger partial charge on any atom is -0.406 e. The van der Waals surface area contributed by atoms with Gasteiger partial charge in [0.05, 0.1) is 18.3 Å². The van der Waals surface area contributed by atoms with E-state index in [1.54, 1.807) is 24.4 Å². The van der Waals surface area contributed by atoms with Crippen molar-refractivity contribution in [3.8, 4) is 5.75 Å². The molecule has 1 fully saturated rings. The fourth-order valence-electron chi connectivity index (χ4n) is 5.20. The Kier molecular flexibility index (Phi) is 6.91. The van der Waals surface area contributed by atoms with Gasteiger partial charge < -0.3 is 14.6 Å². The number of halogens is 5. The van der Waals surface area contributed by atoms with E-state index in [1.165, 1.54) is 12.1 Å². The molecule has 36 heavy (non-hydrogen) atoms. The molecule has 1 saturated heterocycles. The maximum atomic E-state index is 12.5. The van der Waals surface area contributed by atoms with E-state index in [-0.39, 0.29) is 24.5 Å². The molecular formula is C26H23Cl2F3N2O3. The van der Waals surface area contributed by atoms with E-state index < -0.39 is 12.0 Å². The zero-order chi connectivity index (χ0) is 25.5. The lowest BCUT2D eigenvalue weighted by Crippen LogP contribution is -2.45. The van der Waals surface area contributed by atoms with E-state index in [9.17, 15) is 18.3 Å². The van der Waals surface area contributed by atoms with E-state index in [4.69, 9.17) is 27.9 Å². The summed E-state index contributed by atoms with van der Waals surface area (Å²) in [5.74, 6) is -0.297. The zero-order valence-electron chi connectivity index (χ0n) is 19.0. The standard InChI is InChI=1S/C26H23Cl2F3N2O3/c27-18-12-17(13-19(28)14-18)23-21-2-1-9-32-24(21)25(36-23)7-10-33(11-8-25)22(15-34)16-3-5-20(6-4-16)35-26(29,30)31/h1-6,9,12-14,22-23,34H,7-8,10-11,15H2. The summed E-state index contributed by atoms with van der Waals surface area (Å²) in [5, 5.41) is 11.2. The number of hydrogen-bond donors (Lipinski definition) is 1. The summed E-state index contributed by atoms with van der Waals surface area (Å²) in [7, 11) is 0. The van der Waals surface area contributed by atoms with Crippen molar-refractivity contribution in [3.05, 3.63) is 93.2 Å². The van der Waals surface area contributed by atoms with Crippen molar-refractivity contribution in [3.63, 3.8) is 0 Å². The smallest absolute Gasteiger partial charge is 0.406 e. The second-order valence-electron chi connectivity index (χ2n) is 8.99. The van der Waals surface area contributed by atoms with Crippen molar-refractivity contribution < 1.29 is 27.8 Å². The van der Waals surface area contributed by atoms with Gasteiger partial charge in [-0.3, -0.25) is 9.88 Å². The zero-order valence-corrected chi connectivity index (χ0v) is 20.5. The van der Waals surface area contributed by atoms with Gasteiger partial charge in [-0.2, -0.15) is 0 Å². The van der Waals surface area contributed by atoms with Gasteiger partial charge in [0.15, 0.2) is 0 Å². The molecule has 2 unspecified atom stereocenters. The Hall–Kier alpha value is -2.36. The molecule has 1 N–H and O–H groups in total. The van der Waals surface area contributed by atoms with E-state index in [2.05, 4.69) is 14.6 Å². The molecular weight excluding hydrogens is 516 g/mol. The maximum Gasteiger partial charge on any atom is 0.573 e. The van der Waals surface area contributed by atoms with Gasteiger partial charge in [0, 0.05) is 34.9 Å². The first-order chi connectivity index (χ1) is 17.2. The molecule has 3 heterocycles. The Morgan fingerprint density at radius 2 is 1.75 bits per heavy atom. The van der Waals surface area contributed by atoms with Gasteiger partial charge in [-0.15, -0.1) is 13.2 Å². The van der Waals surface area contributed by atoms with Crippen LogP contribution >= 0.6 is 23.2 Å². The van der Waals surface area contributed by atoms with E-state index in [1.807, 2.05) is 24.3 Å². The first-order valence-electron chi connectivity index (χ1n) is 11.5. The number of likely N-dealkylation sites (tertiary alicyclic amines) is 1. The first-order valence-corrected chi connectivity index (χ1v) is 12.2. The highest BCUT2D eigenvalue weighted by Gasteiger charge is 2.49. The highest BCUT2D eigenvalue weighted by molar-refractivity contribution is 6.34. The second kappa shape index (κ2) is 9.84. The lowest BCUT2D eigenvalue weighted by Gasteiger charge is -2.42. The average Bonchev–Trinajstić information content (AvgIpc) is 3.15. The van der Waals surface area contributed by atoms with Gasteiger partial charge in [0.2, 0.25) is 0 Å². The van der Waals surface area contributed by atoms with Gasteiger partial charge in [0.25, 0.3) is 0 Å². The van der Waals surface area contributed by atoms with Crippen molar-refractivity contribution in [1.29, 1.82) is 0 Å². The minimum absolute atomic E-state index is 0.175. The number of rotatable bonds is 5. The van der Waals surface area contributed by atoms with Crippen LogP contribution in [0, 0.1) is 0 Å². The summed E-state index contributed by atoms with van der Waals surface area (Å²) in [5.41, 5.74) is 2.83. The number of benzene rings is 2. The topological polar surface area (TPSA) is 54.8 Å². The van der Waals surface area contributed by atoms with E-state index in [0.717, 1.165) is 16.8 Å². The Labute approximate surface area is 216 Å². The third-order valence-electron chi connectivity index (χ3n) is 6.80. The van der Waals surface area contributed by atoms with Crippen molar-refractivity contribution in [1.82, 2.24) is 9.88 Å². The van der Waals surface area contributed by atoms with Crippen LogP contribution in [0.2, 0.25) is 10.0 Å². The predicted molar refractivity (Wildman–Crippen MR) is 129 cm³/mol. The number of ether oxygens (including phenoxy) is 2. The maximum absolute atomic E-state index is 12.5. The number of alkyl halides is 3. The number of piperidine rings is 1. The monoisotopic (exact) mass is 538 g/mol. The van der Waals surface area contributed by atoms with Crippen LogP contribution in [-0.4, -0.2) is 41.0 Å². The Morgan fingerprint density at radius 3 is 2.36 bits per heavy atom. The molecule has 0 bridgehead atoms. The molecule has 0 saturated carbocycles. The molecule has 2 atom stereocenters. The van der Waals surface area contributed by atoms with Crippen LogP contribution in [0.15, 0.2) is 60.8 Å². The molecule has 190 valence electrons.